The quantitative estimate of drug-likeness (QED) is 0.625. The van der Waals surface area contributed by atoms with E-state index in [2.05, 4.69) is 39.8 Å². The molecule has 14 heavy (non-hydrogen) atoms. The van der Waals surface area contributed by atoms with Crippen molar-refractivity contribution in [1.29, 1.82) is 0 Å². The number of fused-ring (bicyclic) bond motifs is 1. The maximum Gasteiger partial charge on any atom is 0.0668 e. The monoisotopic (exact) mass is 192 g/mol. The Kier molecular flexibility index (Phi) is 1.94. The molecule has 2 aliphatic carbocycles. The summed E-state index contributed by atoms with van der Waals surface area (Å²) in [6.45, 7) is 8.89. The Morgan fingerprint density at radius 1 is 1.29 bits per heavy atom. The highest BCUT2D eigenvalue weighted by molar-refractivity contribution is 5.44. The maximum atomic E-state index is 10.2. The average molecular weight is 192 g/mol. The van der Waals surface area contributed by atoms with Crippen LogP contribution >= 0.6 is 0 Å². The number of allylic oxidation sites excluding steroid dienone is 2. The third kappa shape index (κ3) is 1.05. The van der Waals surface area contributed by atoms with Crippen LogP contribution in [0.3, 0.4) is 0 Å². The molecule has 0 bridgehead atoms. The van der Waals surface area contributed by atoms with Crippen molar-refractivity contribution in [2.45, 2.75) is 46.6 Å². The van der Waals surface area contributed by atoms with Gasteiger partial charge >= 0.3 is 0 Å². The minimum Gasteiger partial charge on any atom is -0.392 e. The van der Waals surface area contributed by atoms with Crippen molar-refractivity contribution in [1.82, 2.24) is 0 Å². The van der Waals surface area contributed by atoms with Crippen LogP contribution < -0.4 is 0 Å². The molecular formula is C13H20O. The highest BCUT2D eigenvalue weighted by Gasteiger charge is 2.49. The van der Waals surface area contributed by atoms with Gasteiger partial charge < -0.3 is 5.11 Å². The molecule has 1 N–H and O–H groups in total. The molecule has 0 heterocycles. The molecule has 0 aromatic rings. The van der Waals surface area contributed by atoms with Crippen LogP contribution in [0.5, 0.6) is 0 Å². The lowest BCUT2D eigenvalue weighted by Gasteiger charge is -2.47. The van der Waals surface area contributed by atoms with Gasteiger partial charge in [-0.05, 0) is 32.1 Å². The molecule has 1 fully saturated rings. The number of aliphatic hydroxyl groups is 1. The molecular weight excluding hydrogens is 172 g/mol. The van der Waals surface area contributed by atoms with Gasteiger partial charge in [-0.15, -0.1) is 0 Å². The second kappa shape index (κ2) is 2.73. The van der Waals surface area contributed by atoms with E-state index in [9.17, 15) is 5.11 Å². The van der Waals surface area contributed by atoms with Gasteiger partial charge in [-0.25, -0.2) is 0 Å². The molecule has 1 saturated carbocycles. The highest BCUT2D eigenvalue weighted by atomic mass is 16.3. The fraction of sp³-hybridized carbons (Fsp3) is 0.692. The normalized spacial score (nSPS) is 40.2. The Labute approximate surface area is 86.5 Å². The minimum absolute atomic E-state index is 0.0816. The smallest absolute Gasteiger partial charge is 0.0668 e. The summed E-state index contributed by atoms with van der Waals surface area (Å²) in [5, 5.41) is 10.2. The van der Waals surface area contributed by atoms with E-state index in [1.807, 2.05) is 0 Å². The molecule has 2 atom stereocenters. The summed E-state index contributed by atoms with van der Waals surface area (Å²) >= 11 is 0. The molecule has 0 aromatic heterocycles. The number of hydrogen-bond donors (Lipinski definition) is 1. The Bertz CT molecular complexity index is 322. The zero-order valence-electron chi connectivity index (χ0n) is 9.59. The predicted octanol–water partition coefficient (Wildman–Crippen LogP) is 3.06. The van der Waals surface area contributed by atoms with E-state index in [1.54, 1.807) is 0 Å². The number of aliphatic hydroxyl groups excluding tert-OH is 1. The summed E-state index contributed by atoms with van der Waals surface area (Å²) in [5.41, 5.74) is 2.90. The lowest BCUT2D eigenvalue weighted by molar-refractivity contribution is 0.0305. The van der Waals surface area contributed by atoms with Crippen molar-refractivity contribution in [2.75, 3.05) is 0 Å². The van der Waals surface area contributed by atoms with Crippen molar-refractivity contribution in [3.8, 4) is 0 Å². The van der Waals surface area contributed by atoms with Crippen molar-refractivity contribution < 1.29 is 5.11 Å². The third-order valence-corrected chi connectivity index (χ3v) is 4.32. The SMILES string of the molecule is CC1=CC=C2C(C)(C)CCC(O)[C@]12C. The standard InChI is InChI=1S/C13H20O/c1-9-5-6-10-12(2,3)8-7-11(14)13(9,10)4/h5-6,11,14H,7-8H2,1-4H3/t11?,13-/m1/s1. The Morgan fingerprint density at radius 3 is 2.50 bits per heavy atom. The van der Waals surface area contributed by atoms with E-state index in [0.717, 1.165) is 12.8 Å². The summed E-state index contributed by atoms with van der Waals surface area (Å²) in [4.78, 5) is 0. The van der Waals surface area contributed by atoms with Gasteiger partial charge in [0.15, 0.2) is 0 Å². The van der Waals surface area contributed by atoms with Gasteiger partial charge in [0.05, 0.1) is 6.10 Å². The largest absolute Gasteiger partial charge is 0.392 e. The molecule has 0 radical (unpaired) electrons. The van der Waals surface area contributed by atoms with Crippen LogP contribution in [-0.2, 0) is 0 Å². The average Bonchev–Trinajstić information content (AvgIpc) is 2.40. The first-order valence-corrected chi connectivity index (χ1v) is 5.47. The first kappa shape index (κ1) is 9.97. The van der Waals surface area contributed by atoms with E-state index >= 15 is 0 Å². The second-order valence-corrected chi connectivity index (χ2v) is 5.57. The summed E-state index contributed by atoms with van der Waals surface area (Å²) in [6, 6.07) is 0. The fourth-order valence-corrected chi connectivity index (χ4v) is 3.06. The van der Waals surface area contributed by atoms with Gasteiger partial charge in [0.1, 0.15) is 0 Å². The fourth-order valence-electron chi connectivity index (χ4n) is 3.06. The minimum atomic E-state index is -0.194. The van der Waals surface area contributed by atoms with Crippen LogP contribution in [0.25, 0.3) is 0 Å². The van der Waals surface area contributed by atoms with E-state index in [1.165, 1.54) is 11.1 Å². The maximum absolute atomic E-state index is 10.2. The topological polar surface area (TPSA) is 20.2 Å². The van der Waals surface area contributed by atoms with Crippen LogP contribution in [0.4, 0.5) is 0 Å². The van der Waals surface area contributed by atoms with Crippen molar-refractivity contribution in [3.63, 3.8) is 0 Å². The van der Waals surface area contributed by atoms with Gasteiger partial charge in [0, 0.05) is 5.41 Å². The van der Waals surface area contributed by atoms with E-state index in [0.29, 0.717) is 0 Å². The van der Waals surface area contributed by atoms with Crippen molar-refractivity contribution in [3.05, 3.63) is 23.3 Å². The van der Waals surface area contributed by atoms with Crippen LogP contribution in [0.2, 0.25) is 0 Å². The lowest BCUT2D eigenvalue weighted by Crippen LogP contribution is -2.43. The zero-order chi connectivity index (χ0) is 10.6. The highest BCUT2D eigenvalue weighted by Crippen LogP contribution is 2.56. The predicted molar refractivity (Wildman–Crippen MR) is 59.0 cm³/mol. The van der Waals surface area contributed by atoms with Gasteiger partial charge in [-0.3, -0.25) is 0 Å². The summed E-state index contributed by atoms with van der Waals surface area (Å²) < 4.78 is 0. The van der Waals surface area contributed by atoms with Gasteiger partial charge in [0.2, 0.25) is 0 Å². The Balaban J connectivity index is 2.48. The molecule has 0 spiro atoms. The van der Waals surface area contributed by atoms with Crippen LogP contribution in [0, 0.1) is 10.8 Å². The molecule has 0 saturated heterocycles. The molecule has 0 aliphatic heterocycles. The van der Waals surface area contributed by atoms with E-state index in [4.69, 9.17) is 0 Å². The Hall–Kier alpha value is -0.560. The molecule has 78 valence electrons. The van der Waals surface area contributed by atoms with Crippen LogP contribution in [0.15, 0.2) is 23.3 Å². The summed E-state index contributed by atoms with van der Waals surface area (Å²) in [6.07, 6.45) is 6.21. The molecule has 2 rings (SSSR count). The molecule has 1 unspecified atom stereocenters. The number of hydrogen-bond acceptors (Lipinski definition) is 1. The van der Waals surface area contributed by atoms with E-state index < -0.39 is 0 Å². The first-order chi connectivity index (χ1) is 6.39. The molecule has 0 amide bonds. The summed E-state index contributed by atoms with van der Waals surface area (Å²) in [7, 11) is 0. The van der Waals surface area contributed by atoms with Crippen molar-refractivity contribution >= 4 is 0 Å². The van der Waals surface area contributed by atoms with Crippen molar-refractivity contribution in [2.24, 2.45) is 10.8 Å². The first-order valence-electron chi connectivity index (χ1n) is 5.47. The Morgan fingerprint density at radius 2 is 1.93 bits per heavy atom. The third-order valence-electron chi connectivity index (χ3n) is 4.32. The molecule has 1 heteroatoms. The summed E-state index contributed by atoms with van der Waals surface area (Å²) in [5.74, 6) is 0. The van der Waals surface area contributed by atoms with Gasteiger partial charge in [-0.2, -0.15) is 0 Å². The van der Waals surface area contributed by atoms with Crippen LogP contribution in [0.1, 0.15) is 40.5 Å². The van der Waals surface area contributed by atoms with Crippen LogP contribution in [-0.4, -0.2) is 11.2 Å². The van der Waals surface area contributed by atoms with Gasteiger partial charge in [-0.1, -0.05) is 37.1 Å². The second-order valence-electron chi connectivity index (χ2n) is 5.57. The molecule has 2 aliphatic rings. The van der Waals surface area contributed by atoms with E-state index in [-0.39, 0.29) is 16.9 Å². The molecule has 1 nitrogen and oxygen atoms in total. The lowest BCUT2D eigenvalue weighted by atomic mass is 9.58. The molecule has 0 aromatic carbocycles. The number of rotatable bonds is 0. The zero-order valence-corrected chi connectivity index (χ0v) is 9.59. The van der Waals surface area contributed by atoms with Gasteiger partial charge in [0.25, 0.3) is 0 Å².